The Morgan fingerprint density at radius 2 is 1.93 bits per heavy atom. The van der Waals surface area contributed by atoms with Crippen LogP contribution in [0.25, 0.3) is 0 Å². The van der Waals surface area contributed by atoms with Crippen LogP contribution in [0.3, 0.4) is 0 Å². The fourth-order valence-corrected chi connectivity index (χ4v) is 3.84. The number of carbonyl (C=O) groups is 1. The molecule has 1 aromatic carbocycles. The third-order valence-corrected chi connectivity index (χ3v) is 5.30. The predicted molar refractivity (Wildman–Crippen MR) is 105 cm³/mol. The van der Waals surface area contributed by atoms with Gasteiger partial charge >= 0.3 is 0 Å². The van der Waals surface area contributed by atoms with Crippen molar-refractivity contribution in [1.82, 2.24) is 15.5 Å². The van der Waals surface area contributed by atoms with Gasteiger partial charge in [-0.2, -0.15) is 0 Å². The van der Waals surface area contributed by atoms with Crippen molar-refractivity contribution in [2.75, 3.05) is 40.8 Å². The van der Waals surface area contributed by atoms with E-state index in [4.69, 9.17) is 9.47 Å². The minimum absolute atomic E-state index is 0.0951. The summed E-state index contributed by atoms with van der Waals surface area (Å²) >= 11 is 0. The van der Waals surface area contributed by atoms with Gasteiger partial charge in [-0.25, -0.2) is 0 Å². The Bertz CT molecular complexity index is 684. The van der Waals surface area contributed by atoms with Crippen molar-refractivity contribution in [2.24, 2.45) is 10.4 Å². The lowest BCUT2D eigenvalue weighted by Crippen LogP contribution is -2.51. The molecule has 0 saturated heterocycles. The van der Waals surface area contributed by atoms with Crippen LogP contribution in [0.15, 0.2) is 29.3 Å². The average Bonchev–Trinajstić information content (AvgIpc) is 3.17. The minimum atomic E-state index is -0.329. The summed E-state index contributed by atoms with van der Waals surface area (Å²) < 4.78 is 11.7. The molecule has 0 radical (unpaired) electrons. The number of benzene rings is 1. The lowest BCUT2D eigenvalue weighted by molar-refractivity contribution is -0.138. The minimum Gasteiger partial charge on any atom is -0.486 e. The Labute approximate surface area is 161 Å². The Morgan fingerprint density at radius 3 is 2.59 bits per heavy atom. The van der Waals surface area contributed by atoms with Gasteiger partial charge < -0.3 is 25.0 Å². The highest BCUT2D eigenvalue weighted by Gasteiger charge is 2.42. The first-order chi connectivity index (χ1) is 13.0. The zero-order valence-electron chi connectivity index (χ0n) is 16.5. The molecule has 1 amide bonds. The number of ether oxygens (including phenoxy) is 2. The maximum Gasteiger partial charge on any atom is 0.230 e. The van der Waals surface area contributed by atoms with Crippen LogP contribution in [0.4, 0.5) is 0 Å². The molecule has 3 rings (SSSR count). The van der Waals surface area contributed by atoms with Gasteiger partial charge in [0.15, 0.2) is 17.5 Å². The molecule has 2 aliphatic rings. The quantitative estimate of drug-likeness (QED) is 0.605. The van der Waals surface area contributed by atoms with Gasteiger partial charge in [-0.1, -0.05) is 25.0 Å². The van der Waals surface area contributed by atoms with Gasteiger partial charge in [0.1, 0.15) is 12.7 Å². The molecule has 7 heteroatoms. The lowest BCUT2D eigenvalue weighted by Gasteiger charge is -2.32. The normalized spacial score (nSPS) is 20.9. The largest absolute Gasteiger partial charge is 0.486 e. The summed E-state index contributed by atoms with van der Waals surface area (Å²) in [6, 6.07) is 7.68. The number of fused-ring (bicyclic) bond motifs is 1. The standard InChI is InChI=1S/C20H30N4O3/c1-21-19(23-14-20(10-6-7-11-20)18(25)24(2)3)22-12-15-13-26-16-8-4-5-9-17(16)27-15/h4-5,8-9,15H,6-7,10-14H2,1-3H3,(H2,21,22,23). The van der Waals surface area contributed by atoms with E-state index in [9.17, 15) is 4.79 Å². The highest BCUT2D eigenvalue weighted by Crippen LogP contribution is 2.38. The van der Waals surface area contributed by atoms with E-state index >= 15 is 0 Å². The van der Waals surface area contributed by atoms with Gasteiger partial charge in [0.25, 0.3) is 0 Å². The van der Waals surface area contributed by atoms with E-state index in [1.54, 1.807) is 11.9 Å². The molecule has 1 aliphatic heterocycles. The van der Waals surface area contributed by atoms with Crippen molar-refractivity contribution in [3.05, 3.63) is 24.3 Å². The number of nitrogens with zero attached hydrogens (tertiary/aromatic N) is 2. The molecule has 1 heterocycles. The van der Waals surface area contributed by atoms with Gasteiger partial charge in [0.05, 0.1) is 12.0 Å². The van der Waals surface area contributed by atoms with Crippen LogP contribution in [0.2, 0.25) is 0 Å². The molecular weight excluding hydrogens is 344 g/mol. The third kappa shape index (κ3) is 4.46. The van der Waals surface area contributed by atoms with Crippen LogP contribution in [0.5, 0.6) is 11.5 Å². The van der Waals surface area contributed by atoms with Crippen molar-refractivity contribution in [1.29, 1.82) is 0 Å². The molecule has 1 aromatic rings. The summed E-state index contributed by atoms with van der Waals surface area (Å²) in [4.78, 5) is 18.7. The van der Waals surface area contributed by atoms with Crippen LogP contribution in [-0.2, 0) is 4.79 Å². The number of guanidine groups is 1. The average molecular weight is 374 g/mol. The monoisotopic (exact) mass is 374 g/mol. The number of nitrogens with one attached hydrogen (secondary N) is 2. The number of aliphatic imine (C=N–C) groups is 1. The second kappa shape index (κ2) is 8.50. The highest BCUT2D eigenvalue weighted by atomic mass is 16.6. The maximum atomic E-state index is 12.7. The van der Waals surface area contributed by atoms with Crippen LogP contribution in [0.1, 0.15) is 25.7 Å². The first-order valence-electron chi connectivity index (χ1n) is 9.59. The zero-order valence-corrected chi connectivity index (χ0v) is 16.5. The van der Waals surface area contributed by atoms with E-state index in [1.165, 1.54) is 0 Å². The SMILES string of the molecule is CN=C(NCC1COc2ccccc2O1)NCC1(C(=O)N(C)C)CCCC1. The van der Waals surface area contributed by atoms with Gasteiger partial charge in [-0.05, 0) is 25.0 Å². The molecule has 2 N–H and O–H groups in total. The Balaban J connectivity index is 1.52. The summed E-state index contributed by atoms with van der Waals surface area (Å²) in [5.41, 5.74) is -0.329. The summed E-state index contributed by atoms with van der Waals surface area (Å²) in [7, 11) is 5.39. The van der Waals surface area contributed by atoms with E-state index in [2.05, 4.69) is 15.6 Å². The maximum absolute atomic E-state index is 12.7. The van der Waals surface area contributed by atoms with E-state index in [-0.39, 0.29) is 17.4 Å². The first-order valence-corrected chi connectivity index (χ1v) is 9.59. The van der Waals surface area contributed by atoms with E-state index in [0.29, 0.717) is 25.7 Å². The topological polar surface area (TPSA) is 75.2 Å². The molecule has 1 fully saturated rings. The van der Waals surface area contributed by atoms with Crippen molar-refractivity contribution in [2.45, 2.75) is 31.8 Å². The number of hydrogen-bond donors (Lipinski definition) is 2. The van der Waals surface area contributed by atoms with Gasteiger partial charge in [-0.15, -0.1) is 0 Å². The van der Waals surface area contributed by atoms with Crippen LogP contribution >= 0.6 is 0 Å². The van der Waals surface area contributed by atoms with Gasteiger partial charge in [0, 0.05) is 27.7 Å². The number of hydrogen-bond acceptors (Lipinski definition) is 4. The second-order valence-electron chi connectivity index (χ2n) is 7.49. The van der Waals surface area contributed by atoms with Crippen LogP contribution in [0, 0.1) is 5.41 Å². The predicted octanol–water partition coefficient (Wildman–Crippen LogP) is 1.64. The molecule has 0 bridgehead atoms. The summed E-state index contributed by atoms with van der Waals surface area (Å²) in [5.74, 6) is 2.42. The second-order valence-corrected chi connectivity index (χ2v) is 7.49. The van der Waals surface area contributed by atoms with Gasteiger partial charge in [-0.3, -0.25) is 9.79 Å². The molecule has 1 unspecified atom stereocenters. The van der Waals surface area contributed by atoms with Crippen LogP contribution < -0.4 is 20.1 Å². The number of carbonyl (C=O) groups excluding carboxylic acids is 1. The van der Waals surface area contributed by atoms with Crippen LogP contribution in [-0.4, -0.2) is 63.7 Å². The highest BCUT2D eigenvalue weighted by molar-refractivity contribution is 5.85. The molecule has 7 nitrogen and oxygen atoms in total. The van der Waals surface area contributed by atoms with Crippen molar-refractivity contribution in [3.8, 4) is 11.5 Å². The number of para-hydroxylation sites is 2. The lowest BCUT2D eigenvalue weighted by atomic mass is 9.84. The summed E-state index contributed by atoms with van der Waals surface area (Å²) in [6.45, 7) is 1.65. The molecule has 27 heavy (non-hydrogen) atoms. The molecule has 148 valence electrons. The molecular formula is C20H30N4O3. The van der Waals surface area contributed by atoms with Crippen molar-refractivity contribution in [3.63, 3.8) is 0 Å². The third-order valence-electron chi connectivity index (χ3n) is 5.30. The summed E-state index contributed by atoms with van der Waals surface area (Å²) in [6.07, 6.45) is 3.94. The summed E-state index contributed by atoms with van der Waals surface area (Å²) in [5, 5.41) is 6.63. The molecule has 0 aromatic heterocycles. The molecule has 1 atom stereocenters. The van der Waals surface area contributed by atoms with E-state index < -0.39 is 0 Å². The Morgan fingerprint density at radius 1 is 1.22 bits per heavy atom. The number of rotatable bonds is 5. The zero-order chi connectivity index (χ0) is 19.3. The Kier molecular flexibility index (Phi) is 6.08. The fraction of sp³-hybridized carbons (Fsp3) is 0.600. The molecule has 0 spiro atoms. The number of amides is 1. The fourth-order valence-electron chi connectivity index (χ4n) is 3.84. The van der Waals surface area contributed by atoms with E-state index in [1.807, 2.05) is 38.4 Å². The van der Waals surface area contributed by atoms with E-state index in [0.717, 1.165) is 37.2 Å². The van der Waals surface area contributed by atoms with Gasteiger partial charge in [0.2, 0.25) is 5.91 Å². The first kappa shape index (κ1) is 19.3. The van der Waals surface area contributed by atoms with Crippen molar-refractivity contribution < 1.29 is 14.3 Å². The molecule has 1 saturated carbocycles. The van der Waals surface area contributed by atoms with Crippen molar-refractivity contribution >= 4 is 11.9 Å². The smallest absolute Gasteiger partial charge is 0.230 e. The Hall–Kier alpha value is -2.44. The molecule has 1 aliphatic carbocycles.